The molecule has 140 valence electrons. The van der Waals surface area contributed by atoms with Gasteiger partial charge in [-0.05, 0) is 26.8 Å². The third-order valence-electron chi connectivity index (χ3n) is 3.48. The Kier molecular flexibility index (Phi) is 5.15. The summed E-state index contributed by atoms with van der Waals surface area (Å²) in [6.07, 6.45) is 0. The molecule has 2 aromatic rings. The van der Waals surface area contributed by atoms with Crippen LogP contribution in [0.3, 0.4) is 0 Å². The van der Waals surface area contributed by atoms with Crippen LogP contribution < -0.4 is 11.1 Å². The number of carbonyl (C=O) groups excluding carboxylic acids is 2. The molecule has 10 nitrogen and oxygen atoms in total. The highest BCUT2D eigenvalue weighted by atomic mass is 16.6. The molecule has 1 N–H and O–H groups in total. The SMILES string of the molecule is CN(CC(=O)NC(C)(C)C)C(=O)Cn1c(=O)oc2cc([N+](=O)[O-])ccc21. The van der Waals surface area contributed by atoms with Crippen LogP contribution in [-0.2, 0) is 16.1 Å². The van der Waals surface area contributed by atoms with Crippen molar-refractivity contribution < 1.29 is 18.9 Å². The first-order chi connectivity index (χ1) is 12.0. The molecule has 1 aromatic heterocycles. The van der Waals surface area contributed by atoms with Crippen molar-refractivity contribution in [1.29, 1.82) is 0 Å². The van der Waals surface area contributed by atoms with E-state index in [1.807, 2.05) is 20.8 Å². The number of nitrogens with one attached hydrogen (secondary N) is 1. The molecule has 0 saturated carbocycles. The van der Waals surface area contributed by atoms with E-state index in [1.54, 1.807) is 0 Å². The first-order valence-electron chi connectivity index (χ1n) is 7.81. The Morgan fingerprint density at radius 2 is 2.00 bits per heavy atom. The van der Waals surface area contributed by atoms with E-state index >= 15 is 0 Å². The summed E-state index contributed by atoms with van der Waals surface area (Å²) in [5.74, 6) is -1.60. The van der Waals surface area contributed by atoms with Gasteiger partial charge in [-0.25, -0.2) is 4.79 Å². The van der Waals surface area contributed by atoms with Gasteiger partial charge in [-0.3, -0.25) is 24.3 Å². The number of non-ortho nitro benzene ring substituents is 1. The summed E-state index contributed by atoms with van der Waals surface area (Å²) in [7, 11) is 1.45. The molecule has 2 rings (SSSR count). The molecular formula is C16H20N4O6. The highest BCUT2D eigenvalue weighted by Gasteiger charge is 2.20. The molecule has 26 heavy (non-hydrogen) atoms. The van der Waals surface area contributed by atoms with Crippen LogP contribution in [0, 0.1) is 10.1 Å². The van der Waals surface area contributed by atoms with E-state index in [0.29, 0.717) is 0 Å². The number of aromatic nitrogens is 1. The maximum atomic E-state index is 12.3. The fraction of sp³-hybridized carbons (Fsp3) is 0.438. The molecule has 1 heterocycles. The summed E-state index contributed by atoms with van der Waals surface area (Å²) in [6, 6.07) is 3.69. The van der Waals surface area contributed by atoms with Gasteiger partial charge in [0.05, 0.1) is 23.1 Å². The molecule has 0 spiro atoms. The molecule has 0 bridgehead atoms. The van der Waals surface area contributed by atoms with Gasteiger partial charge in [-0.1, -0.05) is 0 Å². The molecular weight excluding hydrogens is 344 g/mol. The predicted molar refractivity (Wildman–Crippen MR) is 92.7 cm³/mol. The molecule has 0 atom stereocenters. The standard InChI is InChI=1S/C16H20N4O6/c1-16(2,3)17-13(21)8-18(4)14(22)9-19-11-6-5-10(20(24)25)7-12(11)26-15(19)23/h5-7H,8-9H2,1-4H3,(H,17,21). The molecule has 0 saturated heterocycles. The quantitative estimate of drug-likeness (QED) is 0.619. The number of benzene rings is 1. The van der Waals surface area contributed by atoms with Crippen LogP contribution in [0.5, 0.6) is 0 Å². The zero-order valence-corrected chi connectivity index (χ0v) is 14.9. The van der Waals surface area contributed by atoms with Crippen molar-refractivity contribution >= 4 is 28.6 Å². The highest BCUT2D eigenvalue weighted by molar-refractivity contribution is 5.86. The van der Waals surface area contributed by atoms with Crippen LogP contribution in [0.4, 0.5) is 5.69 Å². The summed E-state index contributed by atoms with van der Waals surface area (Å²) >= 11 is 0. The van der Waals surface area contributed by atoms with Gasteiger partial charge in [0.25, 0.3) is 5.69 Å². The van der Waals surface area contributed by atoms with Gasteiger partial charge in [-0.15, -0.1) is 0 Å². The van der Waals surface area contributed by atoms with E-state index in [0.717, 1.165) is 10.6 Å². The van der Waals surface area contributed by atoms with E-state index in [2.05, 4.69) is 5.32 Å². The monoisotopic (exact) mass is 364 g/mol. The van der Waals surface area contributed by atoms with Gasteiger partial charge >= 0.3 is 5.76 Å². The third kappa shape index (κ3) is 4.47. The second-order valence-electron chi connectivity index (χ2n) is 6.91. The number of nitrogens with zero attached hydrogens (tertiary/aromatic N) is 3. The third-order valence-corrected chi connectivity index (χ3v) is 3.48. The van der Waals surface area contributed by atoms with Crippen molar-refractivity contribution in [3.8, 4) is 0 Å². The van der Waals surface area contributed by atoms with E-state index in [9.17, 15) is 24.5 Å². The lowest BCUT2D eigenvalue weighted by atomic mass is 10.1. The molecule has 0 radical (unpaired) electrons. The first kappa shape index (κ1) is 19.2. The summed E-state index contributed by atoms with van der Waals surface area (Å²) in [6.45, 7) is 4.96. The molecule has 0 fully saturated rings. The number of hydrogen-bond acceptors (Lipinski definition) is 6. The number of nitro benzene ring substituents is 1. The lowest BCUT2D eigenvalue weighted by Crippen LogP contribution is -2.47. The Labute approximate surface area is 148 Å². The van der Waals surface area contributed by atoms with E-state index in [1.165, 1.54) is 24.1 Å². The Morgan fingerprint density at radius 3 is 2.58 bits per heavy atom. The number of carbonyl (C=O) groups is 2. The van der Waals surface area contributed by atoms with Crippen LogP contribution >= 0.6 is 0 Å². The summed E-state index contributed by atoms with van der Waals surface area (Å²) in [5, 5.41) is 13.5. The minimum Gasteiger partial charge on any atom is -0.407 e. The average molecular weight is 364 g/mol. The molecule has 2 amide bonds. The molecule has 10 heteroatoms. The van der Waals surface area contributed by atoms with Gasteiger partial charge in [0, 0.05) is 18.7 Å². The molecule has 0 aliphatic rings. The topological polar surface area (TPSA) is 128 Å². The van der Waals surface area contributed by atoms with Gasteiger partial charge in [0.2, 0.25) is 11.8 Å². The van der Waals surface area contributed by atoms with Crippen molar-refractivity contribution in [3.05, 3.63) is 38.9 Å². The van der Waals surface area contributed by atoms with Crippen molar-refractivity contribution in [1.82, 2.24) is 14.8 Å². The average Bonchev–Trinajstić information content (AvgIpc) is 2.80. The van der Waals surface area contributed by atoms with Gasteiger partial charge < -0.3 is 14.6 Å². The number of hydrogen-bond donors (Lipinski definition) is 1. The number of amides is 2. The zero-order valence-electron chi connectivity index (χ0n) is 14.9. The van der Waals surface area contributed by atoms with Crippen LogP contribution in [-0.4, -0.2) is 45.3 Å². The van der Waals surface area contributed by atoms with E-state index in [-0.39, 0.29) is 35.8 Å². The van der Waals surface area contributed by atoms with Crippen molar-refractivity contribution in [2.24, 2.45) is 0 Å². The molecule has 0 aliphatic carbocycles. The number of likely N-dealkylation sites (N-methyl/N-ethyl adjacent to an activating group) is 1. The predicted octanol–water partition coefficient (Wildman–Crippen LogP) is 0.876. The largest absolute Gasteiger partial charge is 0.420 e. The van der Waals surface area contributed by atoms with Crippen LogP contribution in [0.15, 0.2) is 27.4 Å². The lowest BCUT2D eigenvalue weighted by Gasteiger charge is -2.23. The highest BCUT2D eigenvalue weighted by Crippen LogP contribution is 2.20. The van der Waals surface area contributed by atoms with Crippen molar-refractivity contribution in [2.45, 2.75) is 32.9 Å². The number of rotatable bonds is 5. The summed E-state index contributed by atoms with van der Waals surface area (Å²) in [4.78, 5) is 47.6. The molecule has 0 unspecified atom stereocenters. The van der Waals surface area contributed by atoms with Gasteiger partial charge in [0.15, 0.2) is 5.58 Å². The minimum absolute atomic E-state index is 0.0186. The fourth-order valence-electron chi connectivity index (χ4n) is 2.34. The summed E-state index contributed by atoms with van der Waals surface area (Å²) < 4.78 is 6.04. The lowest BCUT2D eigenvalue weighted by molar-refractivity contribution is -0.384. The van der Waals surface area contributed by atoms with Gasteiger partial charge in [0.1, 0.15) is 6.54 Å². The maximum absolute atomic E-state index is 12.3. The summed E-state index contributed by atoms with van der Waals surface area (Å²) in [5.41, 5.74) is -0.361. The zero-order chi connectivity index (χ0) is 19.6. The van der Waals surface area contributed by atoms with E-state index < -0.39 is 22.1 Å². The smallest absolute Gasteiger partial charge is 0.407 e. The molecule has 0 aliphatic heterocycles. The second-order valence-corrected chi connectivity index (χ2v) is 6.91. The van der Waals surface area contributed by atoms with Crippen molar-refractivity contribution in [3.63, 3.8) is 0 Å². The Hall–Kier alpha value is -3.17. The minimum atomic E-state index is -0.804. The van der Waals surface area contributed by atoms with Gasteiger partial charge in [-0.2, -0.15) is 0 Å². The van der Waals surface area contributed by atoms with Crippen LogP contribution in [0.2, 0.25) is 0 Å². The fourth-order valence-corrected chi connectivity index (χ4v) is 2.34. The second kappa shape index (κ2) is 6.98. The maximum Gasteiger partial charge on any atom is 0.420 e. The Balaban J connectivity index is 2.16. The van der Waals surface area contributed by atoms with Crippen LogP contribution in [0.1, 0.15) is 20.8 Å². The Morgan fingerprint density at radius 1 is 1.35 bits per heavy atom. The Bertz CT molecular complexity index is 921. The van der Waals surface area contributed by atoms with Crippen molar-refractivity contribution in [2.75, 3.05) is 13.6 Å². The van der Waals surface area contributed by atoms with E-state index in [4.69, 9.17) is 4.42 Å². The first-order valence-corrected chi connectivity index (χ1v) is 7.81. The number of oxazole rings is 1. The number of nitro groups is 1. The molecule has 1 aromatic carbocycles. The van der Waals surface area contributed by atoms with Crippen LogP contribution in [0.25, 0.3) is 11.1 Å². The number of fused-ring (bicyclic) bond motifs is 1. The normalized spacial score (nSPS) is 11.4.